The lowest BCUT2D eigenvalue weighted by molar-refractivity contribution is 0.0469. The summed E-state index contributed by atoms with van der Waals surface area (Å²) >= 11 is 1.49. The predicted molar refractivity (Wildman–Crippen MR) is 152 cm³/mol. The molecule has 2 aliphatic heterocycles. The van der Waals surface area contributed by atoms with Crippen LogP contribution in [-0.2, 0) is 6.54 Å². The van der Waals surface area contributed by atoms with E-state index in [1.165, 1.54) is 16.9 Å². The summed E-state index contributed by atoms with van der Waals surface area (Å²) in [5.41, 5.74) is 4.23. The number of hydrogen-bond acceptors (Lipinski definition) is 6. The number of hydrogen-bond donors (Lipinski definition) is 0. The Kier molecular flexibility index (Phi) is 8.75. The Morgan fingerprint density at radius 3 is 2.47 bits per heavy atom. The molecule has 0 bridgehead atoms. The van der Waals surface area contributed by atoms with E-state index in [0.29, 0.717) is 18.2 Å². The van der Waals surface area contributed by atoms with Crippen LogP contribution in [0.25, 0.3) is 11.1 Å². The molecule has 1 aromatic heterocycles. The number of rotatable bonds is 8. The molecule has 38 heavy (non-hydrogen) atoms. The Morgan fingerprint density at radius 2 is 1.76 bits per heavy atom. The van der Waals surface area contributed by atoms with Crippen molar-refractivity contribution in [3.63, 3.8) is 0 Å². The molecule has 3 aromatic rings. The van der Waals surface area contributed by atoms with Gasteiger partial charge in [-0.15, -0.1) is 11.3 Å². The molecule has 3 heterocycles. The van der Waals surface area contributed by atoms with Gasteiger partial charge in [-0.3, -0.25) is 14.6 Å². The normalized spacial score (nSPS) is 17.3. The molecule has 0 unspecified atom stereocenters. The highest BCUT2D eigenvalue weighted by molar-refractivity contribution is 7.12. The molecule has 2 aliphatic rings. The summed E-state index contributed by atoms with van der Waals surface area (Å²) in [4.78, 5) is 21.0. The number of nitrogens with zero attached hydrogens (tertiary/aromatic N) is 4. The summed E-state index contributed by atoms with van der Waals surface area (Å²) in [6.07, 6.45) is 3.01. The molecule has 7 heteroatoms. The second-order valence-electron chi connectivity index (χ2n) is 10.2. The van der Waals surface area contributed by atoms with Gasteiger partial charge in [0.1, 0.15) is 10.6 Å². The summed E-state index contributed by atoms with van der Waals surface area (Å²) in [7, 11) is 0. The summed E-state index contributed by atoms with van der Waals surface area (Å²) in [6, 6.07) is 21.2. The molecule has 198 valence electrons. The first-order valence-electron chi connectivity index (χ1n) is 13.7. The van der Waals surface area contributed by atoms with Crippen LogP contribution in [0, 0.1) is 11.3 Å². The molecule has 0 spiro atoms. The van der Waals surface area contributed by atoms with Crippen LogP contribution in [0.15, 0.2) is 60.0 Å². The minimum absolute atomic E-state index is 0.123. The minimum atomic E-state index is 0.123. The fourth-order valence-electron chi connectivity index (χ4n) is 5.47. The SMILES string of the molecule is CCCOc1ccsc1C(=O)N1CCC(N2CCN(Cc3ccc(-c4cccc(C#N)c4)cc3)CC2)CC1. The molecule has 0 aliphatic carbocycles. The van der Waals surface area contributed by atoms with Gasteiger partial charge in [-0.1, -0.05) is 43.3 Å². The van der Waals surface area contributed by atoms with Crippen molar-refractivity contribution >= 4 is 17.2 Å². The van der Waals surface area contributed by atoms with E-state index in [1.807, 2.05) is 34.5 Å². The Labute approximate surface area is 230 Å². The lowest BCUT2D eigenvalue weighted by Crippen LogP contribution is -2.53. The van der Waals surface area contributed by atoms with Gasteiger partial charge in [0.25, 0.3) is 5.91 Å². The standard InChI is InChI=1S/C31H36N4O2S/c1-2-19-37-29-12-20-38-30(29)31(36)35-13-10-28(11-14-35)34-17-15-33(16-18-34)23-24-6-8-26(9-7-24)27-5-3-4-25(21-27)22-32/h3-9,12,20-21,28H,2,10-11,13-19,23H2,1H3. The Balaban J connectivity index is 1.07. The second kappa shape index (κ2) is 12.6. The molecule has 2 fully saturated rings. The van der Waals surface area contributed by atoms with E-state index in [1.54, 1.807) is 0 Å². The van der Waals surface area contributed by atoms with E-state index < -0.39 is 0 Å². The Hall–Kier alpha value is -3.18. The summed E-state index contributed by atoms with van der Waals surface area (Å²) < 4.78 is 5.78. The first-order chi connectivity index (χ1) is 18.6. The number of piperazine rings is 1. The van der Waals surface area contributed by atoms with Crippen LogP contribution in [0.1, 0.15) is 47.0 Å². The van der Waals surface area contributed by atoms with Gasteiger partial charge in [0.2, 0.25) is 0 Å². The maximum absolute atomic E-state index is 13.1. The van der Waals surface area contributed by atoms with Crippen LogP contribution in [0.2, 0.25) is 0 Å². The van der Waals surface area contributed by atoms with E-state index >= 15 is 0 Å². The van der Waals surface area contributed by atoms with Crippen molar-refractivity contribution in [1.82, 2.24) is 14.7 Å². The maximum Gasteiger partial charge on any atom is 0.267 e. The van der Waals surface area contributed by atoms with Gasteiger partial charge < -0.3 is 9.64 Å². The van der Waals surface area contributed by atoms with E-state index in [0.717, 1.165) is 86.8 Å². The highest BCUT2D eigenvalue weighted by atomic mass is 32.1. The van der Waals surface area contributed by atoms with E-state index in [-0.39, 0.29) is 5.91 Å². The number of likely N-dealkylation sites (tertiary alicyclic amines) is 1. The smallest absolute Gasteiger partial charge is 0.267 e. The van der Waals surface area contributed by atoms with Gasteiger partial charge in [-0.05, 0) is 59.5 Å². The van der Waals surface area contributed by atoms with Gasteiger partial charge in [-0.2, -0.15) is 5.26 Å². The minimum Gasteiger partial charge on any atom is -0.492 e. The zero-order valence-corrected chi connectivity index (χ0v) is 23.0. The number of piperidine rings is 1. The van der Waals surface area contributed by atoms with Gasteiger partial charge in [-0.25, -0.2) is 0 Å². The third kappa shape index (κ3) is 6.27. The average Bonchev–Trinajstić information content (AvgIpc) is 3.45. The first kappa shape index (κ1) is 26.4. The zero-order chi connectivity index (χ0) is 26.3. The molecule has 2 saturated heterocycles. The maximum atomic E-state index is 13.1. The van der Waals surface area contributed by atoms with Crippen molar-refractivity contribution in [3.05, 3.63) is 76.0 Å². The second-order valence-corrected chi connectivity index (χ2v) is 11.1. The predicted octanol–water partition coefficient (Wildman–Crippen LogP) is 5.50. The summed E-state index contributed by atoms with van der Waals surface area (Å²) in [5, 5.41) is 11.1. The van der Waals surface area contributed by atoms with Crippen LogP contribution in [0.4, 0.5) is 0 Å². The lowest BCUT2D eigenvalue weighted by Gasteiger charge is -2.42. The van der Waals surface area contributed by atoms with Gasteiger partial charge in [0.15, 0.2) is 0 Å². The monoisotopic (exact) mass is 528 g/mol. The van der Waals surface area contributed by atoms with Gasteiger partial charge >= 0.3 is 0 Å². The van der Waals surface area contributed by atoms with Crippen LogP contribution in [0.3, 0.4) is 0 Å². The highest BCUT2D eigenvalue weighted by Gasteiger charge is 2.30. The number of carbonyl (C=O) groups is 1. The molecular formula is C31H36N4O2S. The van der Waals surface area contributed by atoms with Crippen LogP contribution >= 0.6 is 11.3 Å². The van der Waals surface area contributed by atoms with Crippen LogP contribution in [-0.4, -0.2) is 72.5 Å². The summed E-state index contributed by atoms with van der Waals surface area (Å²) in [6.45, 7) is 9.62. The average molecular weight is 529 g/mol. The van der Waals surface area contributed by atoms with E-state index in [2.05, 4.69) is 53.1 Å². The highest BCUT2D eigenvalue weighted by Crippen LogP contribution is 2.29. The van der Waals surface area contributed by atoms with E-state index in [4.69, 9.17) is 10.00 Å². The molecule has 2 aromatic carbocycles. The van der Waals surface area contributed by atoms with Gasteiger partial charge in [0, 0.05) is 51.9 Å². The summed E-state index contributed by atoms with van der Waals surface area (Å²) in [5.74, 6) is 0.862. The third-order valence-corrected chi connectivity index (χ3v) is 8.53. The number of carbonyl (C=O) groups excluding carboxylic acids is 1. The molecular weight excluding hydrogens is 492 g/mol. The molecule has 0 radical (unpaired) electrons. The first-order valence-corrected chi connectivity index (χ1v) is 14.6. The number of nitriles is 1. The van der Waals surface area contributed by atoms with Crippen molar-refractivity contribution in [2.24, 2.45) is 0 Å². The number of benzene rings is 2. The molecule has 1 amide bonds. The largest absolute Gasteiger partial charge is 0.492 e. The van der Waals surface area contributed by atoms with E-state index in [9.17, 15) is 4.79 Å². The number of amides is 1. The van der Waals surface area contributed by atoms with Crippen molar-refractivity contribution in [2.75, 3.05) is 45.9 Å². The van der Waals surface area contributed by atoms with Crippen molar-refractivity contribution < 1.29 is 9.53 Å². The Bertz CT molecular complexity index is 1250. The van der Waals surface area contributed by atoms with Gasteiger partial charge in [0.05, 0.1) is 18.2 Å². The topological polar surface area (TPSA) is 59.8 Å². The fraction of sp³-hybridized carbons (Fsp3) is 0.419. The lowest BCUT2D eigenvalue weighted by atomic mass is 10.0. The Morgan fingerprint density at radius 1 is 1.00 bits per heavy atom. The van der Waals surface area contributed by atoms with Crippen LogP contribution in [0.5, 0.6) is 5.75 Å². The molecule has 6 nitrogen and oxygen atoms in total. The molecule has 0 atom stereocenters. The third-order valence-electron chi connectivity index (χ3n) is 7.65. The molecule has 0 saturated carbocycles. The van der Waals surface area contributed by atoms with Crippen LogP contribution < -0.4 is 4.74 Å². The fourth-order valence-corrected chi connectivity index (χ4v) is 6.27. The quantitative estimate of drug-likeness (QED) is 0.387. The van der Waals surface area contributed by atoms with Crippen molar-refractivity contribution in [2.45, 2.75) is 38.8 Å². The molecule has 5 rings (SSSR count). The molecule has 0 N–H and O–H groups in total. The van der Waals surface area contributed by atoms with Crippen molar-refractivity contribution in [1.29, 1.82) is 5.26 Å². The number of ether oxygens (including phenoxy) is 1. The van der Waals surface area contributed by atoms with Crippen molar-refractivity contribution in [3.8, 4) is 22.9 Å². The number of thiophene rings is 1. The zero-order valence-electron chi connectivity index (χ0n) is 22.1.